The molecule has 1 aliphatic carbocycles. The van der Waals surface area contributed by atoms with Crippen LogP contribution in [-0.4, -0.2) is 27.4 Å². The fourth-order valence-corrected chi connectivity index (χ4v) is 4.24. The summed E-state index contributed by atoms with van der Waals surface area (Å²) in [5.41, 5.74) is 2.94. The molecular formula is C22H24N4O3S. The third kappa shape index (κ3) is 4.14. The minimum atomic E-state index is -0.947. The third-order valence-corrected chi connectivity index (χ3v) is 6.09. The van der Waals surface area contributed by atoms with Crippen molar-refractivity contribution >= 4 is 29.0 Å². The van der Waals surface area contributed by atoms with E-state index in [2.05, 4.69) is 14.9 Å². The fraction of sp³-hybridized carbons (Fsp3) is 0.364. The van der Waals surface area contributed by atoms with Crippen LogP contribution in [0, 0.1) is 13.8 Å². The van der Waals surface area contributed by atoms with Crippen molar-refractivity contribution in [3.8, 4) is 0 Å². The number of hydrogen-bond acceptors (Lipinski definition) is 6. The molecule has 2 amide bonds. The van der Waals surface area contributed by atoms with E-state index in [-0.39, 0.29) is 17.6 Å². The molecule has 0 radical (unpaired) electrons. The Morgan fingerprint density at radius 1 is 1.20 bits per heavy atom. The molecule has 3 aromatic rings. The monoisotopic (exact) mass is 424 g/mol. The van der Waals surface area contributed by atoms with Crippen LogP contribution in [0.15, 0.2) is 46.4 Å². The van der Waals surface area contributed by atoms with Crippen molar-refractivity contribution in [1.29, 1.82) is 0 Å². The summed E-state index contributed by atoms with van der Waals surface area (Å²) >= 11 is 1.10. The summed E-state index contributed by atoms with van der Waals surface area (Å²) in [6, 6.07) is 8.31. The lowest BCUT2D eigenvalue weighted by atomic mass is 10.1. The normalized spacial score (nSPS) is 15.1. The van der Waals surface area contributed by atoms with Gasteiger partial charge in [-0.1, -0.05) is 23.4 Å². The van der Waals surface area contributed by atoms with Crippen molar-refractivity contribution in [2.45, 2.75) is 51.6 Å². The Bertz CT molecular complexity index is 1010. The summed E-state index contributed by atoms with van der Waals surface area (Å²) in [6.07, 6.45) is 5.61. The van der Waals surface area contributed by atoms with Crippen LogP contribution in [-0.2, 0) is 4.79 Å². The summed E-state index contributed by atoms with van der Waals surface area (Å²) in [5.74, 6) is -0.248. The molecule has 1 atom stereocenters. The van der Waals surface area contributed by atoms with E-state index in [1.807, 2.05) is 32.0 Å². The molecule has 2 heterocycles. The third-order valence-electron chi connectivity index (χ3n) is 5.59. The Morgan fingerprint density at radius 3 is 2.63 bits per heavy atom. The Labute approximate surface area is 179 Å². The smallest absolute Gasteiger partial charge is 0.280 e. The summed E-state index contributed by atoms with van der Waals surface area (Å²) in [7, 11) is 0. The molecule has 4 rings (SSSR count). The van der Waals surface area contributed by atoms with E-state index in [9.17, 15) is 9.59 Å². The first kappa shape index (κ1) is 20.3. The van der Waals surface area contributed by atoms with Crippen molar-refractivity contribution in [2.24, 2.45) is 0 Å². The summed E-state index contributed by atoms with van der Waals surface area (Å²) in [6.45, 7) is 3.98. The Balaban J connectivity index is 1.78. The van der Waals surface area contributed by atoms with E-state index in [0.717, 1.165) is 48.3 Å². The van der Waals surface area contributed by atoms with Gasteiger partial charge in [-0.05, 0) is 73.6 Å². The molecule has 1 N–H and O–H groups in total. The van der Waals surface area contributed by atoms with Gasteiger partial charge in [0.1, 0.15) is 5.76 Å². The quantitative estimate of drug-likeness (QED) is 0.641. The summed E-state index contributed by atoms with van der Waals surface area (Å²) in [4.78, 5) is 28.4. The molecule has 0 spiro atoms. The second-order valence-electron chi connectivity index (χ2n) is 7.64. The van der Waals surface area contributed by atoms with Gasteiger partial charge < -0.3 is 9.73 Å². The molecule has 1 aromatic carbocycles. The Hall–Kier alpha value is -3.00. The highest BCUT2D eigenvalue weighted by Gasteiger charge is 2.37. The topological polar surface area (TPSA) is 88.3 Å². The zero-order valence-electron chi connectivity index (χ0n) is 17.0. The fourth-order valence-electron chi connectivity index (χ4n) is 3.81. The highest BCUT2D eigenvalue weighted by molar-refractivity contribution is 7.03. The van der Waals surface area contributed by atoms with Gasteiger partial charge in [-0.15, -0.1) is 5.10 Å². The number of carbonyl (C=O) groups is 2. The number of nitrogens with one attached hydrogen (secondary N) is 1. The van der Waals surface area contributed by atoms with Gasteiger partial charge in [-0.2, -0.15) is 0 Å². The SMILES string of the molecule is Cc1ccc(N(C(=O)c2csnn2)C(C(=O)NC2CCCC2)c2ccco2)cc1C. The standard InChI is InChI=1S/C22H24N4O3S/c1-14-9-10-17(12-15(14)2)26(22(28)18-13-30-25-24-18)20(19-8-5-11-29-19)21(27)23-16-6-3-4-7-16/h5,8-13,16,20H,3-4,6-7H2,1-2H3,(H,23,27). The predicted octanol–water partition coefficient (Wildman–Crippen LogP) is 4.19. The average molecular weight is 425 g/mol. The van der Waals surface area contributed by atoms with E-state index in [1.165, 1.54) is 11.2 Å². The molecular weight excluding hydrogens is 400 g/mol. The van der Waals surface area contributed by atoms with Crippen LogP contribution in [0.25, 0.3) is 0 Å². The second kappa shape index (κ2) is 8.79. The summed E-state index contributed by atoms with van der Waals surface area (Å²) < 4.78 is 9.44. The largest absolute Gasteiger partial charge is 0.467 e. The lowest BCUT2D eigenvalue weighted by Crippen LogP contribution is -2.46. The number of aromatic nitrogens is 2. The van der Waals surface area contributed by atoms with Gasteiger partial charge >= 0.3 is 0 Å². The van der Waals surface area contributed by atoms with Crippen molar-refractivity contribution in [1.82, 2.24) is 14.9 Å². The maximum Gasteiger partial charge on any atom is 0.280 e. The van der Waals surface area contributed by atoms with Crippen LogP contribution in [0.1, 0.15) is 59.1 Å². The molecule has 156 valence electrons. The van der Waals surface area contributed by atoms with Crippen LogP contribution in [0.4, 0.5) is 5.69 Å². The maximum absolute atomic E-state index is 13.5. The first-order valence-corrected chi connectivity index (χ1v) is 10.9. The molecule has 30 heavy (non-hydrogen) atoms. The van der Waals surface area contributed by atoms with Crippen LogP contribution in [0.3, 0.4) is 0 Å². The van der Waals surface area contributed by atoms with Crippen LogP contribution < -0.4 is 10.2 Å². The van der Waals surface area contributed by atoms with Gasteiger partial charge in [-0.25, -0.2) is 0 Å². The van der Waals surface area contributed by atoms with Gasteiger partial charge in [0.05, 0.1) is 6.26 Å². The van der Waals surface area contributed by atoms with Crippen molar-refractivity contribution < 1.29 is 14.0 Å². The number of aryl methyl sites for hydroxylation is 2. The second-order valence-corrected chi connectivity index (χ2v) is 8.25. The van der Waals surface area contributed by atoms with Crippen molar-refractivity contribution in [2.75, 3.05) is 4.90 Å². The minimum absolute atomic E-state index is 0.118. The first-order valence-electron chi connectivity index (χ1n) is 10.1. The highest BCUT2D eigenvalue weighted by Crippen LogP contribution is 2.32. The molecule has 7 nitrogen and oxygen atoms in total. The van der Waals surface area contributed by atoms with E-state index in [1.54, 1.807) is 17.5 Å². The highest BCUT2D eigenvalue weighted by atomic mass is 32.1. The lowest BCUT2D eigenvalue weighted by molar-refractivity contribution is -0.123. The molecule has 1 saturated carbocycles. The van der Waals surface area contributed by atoms with Gasteiger partial charge in [0.2, 0.25) is 0 Å². The molecule has 1 aliphatic rings. The number of rotatable bonds is 6. The van der Waals surface area contributed by atoms with Gasteiger partial charge in [0.15, 0.2) is 11.7 Å². The van der Waals surface area contributed by atoms with Crippen LogP contribution in [0.5, 0.6) is 0 Å². The number of benzene rings is 1. The van der Waals surface area contributed by atoms with E-state index in [4.69, 9.17) is 4.42 Å². The minimum Gasteiger partial charge on any atom is -0.467 e. The number of carbonyl (C=O) groups excluding carboxylic acids is 2. The van der Waals surface area contributed by atoms with Crippen molar-refractivity contribution in [3.63, 3.8) is 0 Å². The first-order chi connectivity index (χ1) is 14.5. The Kier molecular flexibility index (Phi) is 5.94. The average Bonchev–Trinajstić information content (AvgIpc) is 3.50. The maximum atomic E-state index is 13.5. The summed E-state index contributed by atoms with van der Waals surface area (Å²) in [5, 5.41) is 8.65. The zero-order valence-corrected chi connectivity index (χ0v) is 17.8. The molecule has 1 unspecified atom stereocenters. The molecule has 1 fully saturated rings. The molecule has 8 heteroatoms. The number of amides is 2. The molecule has 2 aromatic heterocycles. The molecule has 0 bridgehead atoms. The van der Waals surface area contributed by atoms with Crippen LogP contribution in [0.2, 0.25) is 0 Å². The number of hydrogen-bond donors (Lipinski definition) is 1. The molecule has 0 aliphatic heterocycles. The van der Waals surface area contributed by atoms with Gasteiger partial charge in [-0.3, -0.25) is 14.5 Å². The van der Waals surface area contributed by atoms with E-state index in [0.29, 0.717) is 11.4 Å². The lowest BCUT2D eigenvalue weighted by Gasteiger charge is -2.30. The van der Waals surface area contributed by atoms with Gasteiger partial charge in [0.25, 0.3) is 11.8 Å². The number of nitrogens with zero attached hydrogens (tertiary/aromatic N) is 3. The molecule has 0 saturated heterocycles. The van der Waals surface area contributed by atoms with Crippen LogP contribution >= 0.6 is 11.5 Å². The Morgan fingerprint density at radius 2 is 2.00 bits per heavy atom. The van der Waals surface area contributed by atoms with E-state index < -0.39 is 11.9 Å². The number of anilines is 1. The van der Waals surface area contributed by atoms with Crippen molar-refractivity contribution in [3.05, 3.63) is 64.6 Å². The van der Waals surface area contributed by atoms with E-state index >= 15 is 0 Å². The predicted molar refractivity (Wildman–Crippen MR) is 114 cm³/mol. The van der Waals surface area contributed by atoms with Gasteiger partial charge in [0, 0.05) is 17.1 Å². The number of furan rings is 1. The zero-order chi connectivity index (χ0) is 21.1.